The van der Waals surface area contributed by atoms with E-state index in [2.05, 4.69) is 155 Å². The van der Waals surface area contributed by atoms with Crippen molar-refractivity contribution in [1.82, 2.24) is 19.1 Å². The lowest BCUT2D eigenvalue weighted by molar-refractivity contribution is 1.15. The largest absolute Gasteiger partial charge is 0.309 e. The molecule has 0 aliphatic heterocycles. The molecule has 8 aromatic carbocycles. The second-order valence-corrected chi connectivity index (χ2v) is 14.1. The third kappa shape index (κ3) is 4.87. The van der Waals surface area contributed by atoms with Gasteiger partial charge in [0.2, 0.25) is 0 Å². The van der Waals surface area contributed by atoms with Crippen LogP contribution in [0.3, 0.4) is 0 Å². The van der Waals surface area contributed by atoms with Crippen LogP contribution in [0.25, 0.3) is 99.7 Å². The van der Waals surface area contributed by atoms with Gasteiger partial charge in [-0.25, -0.2) is 9.97 Å². The number of fused-ring (bicyclic) bond motifs is 7. The van der Waals surface area contributed by atoms with Gasteiger partial charge in [-0.1, -0.05) is 140 Å². The highest BCUT2D eigenvalue weighted by Gasteiger charge is 2.25. The molecular formula is C51H31N5. The summed E-state index contributed by atoms with van der Waals surface area (Å²) in [7, 11) is 0. The van der Waals surface area contributed by atoms with Crippen molar-refractivity contribution in [1.29, 1.82) is 5.26 Å². The maximum atomic E-state index is 11.1. The molecule has 3 heterocycles. The SMILES string of the molecule is N#Cc1c(-c2ccc3ccccc3c2)nc(-c2ccccc2)nc1-c1cccc2c3cc4c5ccccc5n(-c5ccccc5)c4cc3n(-c3ccccc3)c12. The molecule has 56 heavy (non-hydrogen) atoms. The molecule has 0 aliphatic rings. The molecule has 0 unspecified atom stereocenters. The molecule has 0 bridgehead atoms. The first-order chi connectivity index (χ1) is 27.7. The van der Waals surface area contributed by atoms with Crippen LogP contribution in [0.4, 0.5) is 0 Å². The van der Waals surface area contributed by atoms with Gasteiger partial charge >= 0.3 is 0 Å². The van der Waals surface area contributed by atoms with Crippen LogP contribution in [-0.2, 0) is 0 Å². The van der Waals surface area contributed by atoms with Crippen molar-refractivity contribution in [2.24, 2.45) is 0 Å². The summed E-state index contributed by atoms with van der Waals surface area (Å²) in [4.78, 5) is 10.4. The van der Waals surface area contributed by atoms with Crippen molar-refractivity contribution in [2.45, 2.75) is 0 Å². The highest BCUT2D eigenvalue weighted by atomic mass is 15.0. The molecule has 260 valence electrons. The smallest absolute Gasteiger partial charge is 0.160 e. The maximum absolute atomic E-state index is 11.1. The molecule has 11 rings (SSSR count). The fraction of sp³-hybridized carbons (Fsp3) is 0. The zero-order valence-corrected chi connectivity index (χ0v) is 30.1. The van der Waals surface area contributed by atoms with Crippen LogP contribution in [-0.4, -0.2) is 19.1 Å². The molecule has 0 atom stereocenters. The summed E-state index contributed by atoms with van der Waals surface area (Å²) in [5, 5.41) is 17.9. The molecule has 5 heteroatoms. The van der Waals surface area contributed by atoms with E-state index in [-0.39, 0.29) is 0 Å². The van der Waals surface area contributed by atoms with Crippen LogP contribution >= 0.6 is 0 Å². The minimum atomic E-state index is 0.434. The predicted molar refractivity (Wildman–Crippen MR) is 229 cm³/mol. The lowest BCUT2D eigenvalue weighted by atomic mass is 9.97. The highest BCUT2D eigenvalue weighted by Crippen LogP contribution is 2.43. The Bertz CT molecular complexity index is 3350. The maximum Gasteiger partial charge on any atom is 0.160 e. The van der Waals surface area contributed by atoms with Crippen molar-refractivity contribution in [3.05, 3.63) is 194 Å². The van der Waals surface area contributed by atoms with Gasteiger partial charge in [0.15, 0.2) is 5.82 Å². The highest BCUT2D eigenvalue weighted by molar-refractivity contribution is 6.21. The Morgan fingerprint density at radius 3 is 1.79 bits per heavy atom. The van der Waals surface area contributed by atoms with E-state index >= 15 is 0 Å². The Morgan fingerprint density at radius 1 is 0.411 bits per heavy atom. The zero-order chi connectivity index (χ0) is 37.2. The molecular weight excluding hydrogens is 683 g/mol. The average Bonchev–Trinajstić information content (AvgIpc) is 3.78. The monoisotopic (exact) mass is 713 g/mol. The van der Waals surface area contributed by atoms with Gasteiger partial charge in [-0.05, 0) is 59.3 Å². The van der Waals surface area contributed by atoms with Crippen LogP contribution in [0.1, 0.15) is 5.56 Å². The summed E-state index contributed by atoms with van der Waals surface area (Å²) in [6.07, 6.45) is 0. The number of nitriles is 1. The fourth-order valence-electron chi connectivity index (χ4n) is 8.44. The number of nitrogens with zero attached hydrogens (tertiary/aromatic N) is 5. The molecule has 5 nitrogen and oxygen atoms in total. The Morgan fingerprint density at radius 2 is 1.02 bits per heavy atom. The van der Waals surface area contributed by atoms with Gasteiger partial charge < -0.3 is 9.13 Å². The van der Waals surface area contributed by atoms with Crippen LogP contribution in [0.2, 0.25) is 0 Å². The van der Waals surface area contributed by atoms with E-state index in [1.54, 1.807) is 0 Å². The topological polar surface area (TPSA) is 59.4 Å². The van der Waals surface area contributed by atoms with E-state index in [1.165, 1.54) is 10.8 Å². The summed E-state index contributed by atoms with van der Waals surface area (Å²) in [5.41, 5.74) is 10.7. The Balaban J connectivity index is 1.27. The Hall–Kier alpha value is -7.81. The Kier molecular flexibility index (Phi) is 7.16. The van der Waals surface area contributed by atoms with E-state index < -0.39 is 0 Å². The number of aromatic nitrogens is 4. The molecule has 0 amide bonds. The van der Waals surface area contributed by atoms with Gasteiger partial charge in [-0.3, -0.25) is 0 Å². The minimum absolute atomic E-state index is 0.434. The predicted octanol–water partition coefficient (Wildman–Crippen LogP) is 12.7. The molecule has 0 saturated carbocycles. The summed E-state index contributed by atoms with van der Waals surface area (Å²) >= 11 is 0. The van der Waals surface area contributed by atoms with Crippen molar-refractivity contribution >= 4 is 54.4 Å². The second kappa shape index (κ2) is 12.7. The fourth-order valence-corrected chi connectivity index (χ4v) is 8.44. The van der Waals surface area contributed by atoms with E-state index in [0.29, 0.717) is 22.8 Å². The van der Waals surface area contributed by atoms with E-state index in [9.17, 15) is 5.26 Å². The number of hydrogen-bond acceptors (Lipinski definition) is 3. The number of hydrogen-bond donors (Lipinski definition) is 0. The molecule has 3 aromatic heterocycles. The lowest BCUT2D eigenvalue weighted by Crippen LogP contribution is -2.03. The number of rotatable bonds is 5. The minimum Gasteiger partial charge on any atom is -0.309 e. The van der Waals surface area contributed by atoms with E-state index in [0.717, 1.165) is 71.7 Å². The van der Waals surface area contributed by atoms with Gasteiger partial charge in [0.25, 0.3) is 0 Å². The molecule has 0 spiro atoms. The molecule has 0 N–H and O–H groups in total. The molecule has 0 fully saturated rings. The summed E-state index contributed by atoms with van der Waals surface area (Å²) < 4.78 is 4.70. The van der Waals surface area contributed by atoms with Gasteiger partial charge in [0.05, 0.1) is 33.5 Å². The van der Waals surface area contributed by atoms with E-state index in [4.69, 9.17) is 9.97 Å². The Labute approximate surface area is 322 Å². The van der Waals surface area contributed by atoms with E-state index in [1.807, 2.05) is 48.5 Å². The van der Waals surface area contributed by atoms with Gasteiger partial charge in [0, 0.05) is 49.6 Å². The number of para-hydroxylation sites is 4. The van der Waals surface area contributed by atoms with Crippen molar-refractivity contribution in [2.75, 3.05) is 0 Å². The molecule has 0 saturated heterocycles. The van der Waals surface area contributed by atoms with Crippen molar-refractivity contribution in [3.8, 4) is 51.3 Å². The van der Waals surface area contributed by atoms with Crippen LogP contribution in [0.15, 0.2) is 188 Å². The quantitative estimate of drug-likeness (QED) is 0.178. The summed E-state index contributed by atoms with van der Waals surface area (Å²) in [6.45, 7) is 0. The molecule has 0 radical (unpaired) electrons. The van der Waals surface area contributed by atoms with Crippen molar-refractivity contribution < 1.29 is 0 Å². The summed E-state index contributed by atoms with van der Waals surface area (Å²) in [6, 6.07) is 67.9. The zero-order valence-electron chi connectivity index (χ0n) is 30.1. The van der Waals surface area contributed by atoms with Crippen molar-refractivity contribution in [3.63, 3.8) is 0 Å². The second-order valence-electron chi connectivity index (χ2n) is 14.1. The first-order valence-electron chi connectivity index (χ1n) is 18.7. The van der Waals surface area contributed by atoms with Crippen LogP contribution in [0, 0.1) is 11.3 Å². The summed E-state index contributed by atoms with van der Waals surface area (Å²) in [5.74, 6) is 0.566. The van der Waals surface area contributed by atoms with Crippen LogP contribution < -0.4 is 0 Å². The van der Waals surface area contributed by atoms with Gasteiger partial charge in [0.1, 0.15) is 11.6 Å². The first-order valence-corrected chi connectivity index (χ1v) is 18.7. The molecule has 11 aromatic rings. The normalized spacial score (nSPS) is 11.6. The van der Waals surface area contributed by atoms with Gasteiger partial charge in [-0.15, -0.1) is 0 Å². The lowest BCUT2D eigenvalue weighted by Gasteiger charge is -2.15. The molecule has 0 aliphatic carbocycles. The third-order valence-electron chi connectivity index (χ3n) is 10.9. The van der Waals surface area contributed by atoms with Gasteiger partial charge in [-0.2, -0.15) is 5.26 Å². The number of benzene rings is 8. The standard InChI is InChI=1S/C51H31N5/c52-32-44-48(36-28-27-33-15-10-11-18-35(33)29-36)53-51(34-16-4-1-5-17-34)54-49(44)41-25-14-24-40-43-30-42-39-23-12-13-26-45(39)55(37-19-6-2-7-20-37)46(42)31-47(43)56(50(40)41)38-21-8-3-9-22-38/h1-31H. The third-order valence-corrected chi connectivity index (χ3v) is 10.9. The first kappa shape index (κ1) is 31.7. The van der Waals surface area contributed by atoms with Crippen LogP contribution in [0.5, 0.6) is 0 Å². The average molecular weight is 714 g/mol.